The second-order valence-electron chi connectivity index (χ2n) is 5.91. The standard InChI is InChI=1S/C18H13N5O2S3/c1-3-25-16(24)13-9(2)12-14(27-13)19-8-20-15(12)28-18-22-21-17-23(18)10-6-4-5-7-11(10)26-17/h4-8H,3H2,1-2H3. The first kappa shape index (κ1) is 17.5. The van der Waals surface area contributed by atoms with Gasteiger partial charge in [0.05, 0.1) is 16.8 Å². The fourth-order valence-corrected chi connectivity index (χ4v) is 6.13. The summed E-state index contributed by atoms with van der Waals surface area (Å²) in [4.78, 5) is 23.2. The van der Waals surface area contributed by atoms with Gasteiger partial charge in [-0.2, -0.15) is 0 Å². The first-order valence-electron chi connectivity index (χ1n) is 8.49. The van der Waals surface area contributed by atoms with Crippen molar-refractivity contribution in [2.75, 3.05) is 6.61 Å². The lowest BCUT2D eigenvalue weighted by Crippen LogP contribution is -2.03. The molecule has 4 heterocycles. The molecular formula is C18H13N5O2S3. The maximum absolute atomic E-state index is 12.3. The molecule has 0 saturated carbocycles. The van der Waals surface area contributed by atoms with E-state index < -0.39 is 0 Å². The van der Waals surface area contributed by atoms with Gasteiger partial charge in [-0.1, -0.05) is 23.5 Å². The van der Waals surface area contributed by atoms with Crippen LogP contribution in [-0.4, -0.2) is 37.1 Å². The molecule has 0 saturated heterocycles. The van der Waals surface area contributed by atoms with E-state index >= 15 is 0 Å². The fraction of sp³-hybridized carbons (Fsp3) is 0.167. The summed E-state index contributed by atoms with van der Waals surface area (Å²) < 4.78 is 8.36. The van der Waals surface area contributed by atoms with Crippen molar-refractivity contribution in [3.05, 3.63) is 41.0 Å². The van der Waals surface area contributed by atoms with Crippen LogP contribution in [0.25, 0.3) is 25.4 Å². The topological polar surface area (TPSA) is 82.3 Å². The fourth-order valence-electron chi connectivity index (χ4n) is 3.02. The molecule has 0 fully saturated rings. The largest absolute Gasteiger partial charge is 0.462 e. The summed E-state index contributed by atoms with van der Waals surface area (Å²) in [6.07, 6.45) is 1.51. The lowest BCUT2D eigenvalue weighted by Gasteiger charge is -2.02. The second kappa shape index (κ2) is 6.80. The highest BCUT2D eigenvalue weighted by molar-refractivity contribution is 7.99. The van der Waals surface area contributed by atoms with Gasteiger partial charge in [-0.25, -0.2) is 14.8 Å². The number of carbonyl (C=O) groups is 1. The van der Waals surface area contributed by atoms with E-state index in [4.69, 9.17) is 4.74 Å². The van der Waals surface area contributed by atoms with Crippen molar-refractivity contribution in [2.24, 2.45) is 0 Å². The number of fused-ring (bicyclic) bond motifs is 4. The third kappa shape index (κ3) is 2.67. The van der Waals surface area contributed by atoms with Crippen molar-refractivity contribution >= 4 is 65.8 Å². The lowest BCUT2D eigenvalue weighted by atomic mass is 10.2. The number of para-hydroxylation sites is 1. The average molecular weight is 428 g/mol. The normalized spacial score (nSPS) is 11.6. The van der Waals surface area contributed by atoms with Crippen molar-refractivity contribution in [3.63, 3.8) is 0 Å². The summed E-state index contributed by atoms with van der Waals surface area (Å²) in [6.45, 7) is 4.03. The summed E-state index contributed by atoms with van der Waals surface area (Å²) in [6, 6.07) is 8.13. The molecule has 7 nitrogen and oxygen atoms in total. The highest BCUT2D eigenvalue weighted by Crippen LogP contribution is 2.39. The zero-order valence-corrected chi connectivity index (χ0v) is 17.3. The SMILES string of the molecule is CCOC(=O)c1sc2ncnc(Sc3nnc4sc5ccccc5n34)c2c1C. The summed E-state index contributed by atoms with van der Waals surface area (Å²) >= 11 is 4.35. The summed E-state index contributed by atoms with van der Waals surface area (Å²) in [5, 5.41) is 11.0. The lowest BCUT2D eigenvalue weighted by molar-refractivity contribution is 0.0531. The van der Waals surface area contributed by atoms with Crippen LogP contribution in [0.4, 0.5) is 0 Å². The van der Waals surface area contributed by atoms with Crippen LogP contribution in [0.2, 0.25) is 0 Å². The molecule has 10 heteroatoms. The van der Waals surface area contributed by atoms with Gasteiger partial charge in [0.1, 0.15) is 21.1 Å². The molecule has 28 heavy (non-hydrogen) atoms. The van der Waals surface area contributed by atoms with Gasteiger partial charge < -0.3 is 4.74 Å². The summed E-state index contributed by atoms with van der Waals surface area (Å²) in [7, 11) is 0. The zero-order valence-electron chi connectivity index (χ0n) is 14.9. The Morgan fingerprint density at radius 3 is 2.93 bits per heavy atom. The van der Waals surface area contributed by atoms with Gasteiger partial charge in [0.25, 0.3) is 0 Å². The van der Waals surface area contributed by atoms with Crippen LogP contribution in [0.5, 0.6) is 0 Å². The van der Waals surface area contributed by atoms with Crippen molar-refractivity contribution < 1.29 is 9.53 Å². The van der Waals surface area contributed by atoms with Gasteiger partial charge in [0.2, 0.25) is 10.1 Å². The third-order valence-electron chi connectivity index (χ3n) is 4.25. The number of hydrogen-bond donors (Lipinski definition) is 0. The number of thiazole rings is 1. The highest BCUT2D eigenvalue weighted by atomic mass is 32.2. The van der Waals surface area contributed by atoms with Crippen molar-refractivity contribution in [2.45, 2.75) is 24.0 Å². The number of aromatic nitrogens is 5. The minimum absolute atomic E-state index is 0.326. The van der Waals surface area contributed by atoms with Crippen LogP contribution in [0.1, 0.15) is 22.2 Å². The van der Waals surface area contributed by atoms with E-state index in [1.54, 1.807) is 18.3 Å². The molecule has 0 spiro atoms. The Morgan fingerprint density at radius 1 is 1.21 bits per heavy atom. The third-order valence-corrected chi connectivity index (χ3v) is 7.39. The first-order valence-corrected chi connectivity index (χ1v) is 10.9. The Bertz CT molecular complexity index is 1350. The molecule has 0 aliphatic rings. The number of ether oxygens (including phenoxy) is 1. The molecule has 0 N–H and O–H groups in total. The number of carbonyl (C=O) groups excluding carboxylic acids is 1. The molecule has 1 aromatic carbocycles. The van der Waals surface area contributed by atoms with Crippen LogP contribution in [0.3, 0.4) is 0 Å². The van der Waals surface area contributed by atoms with Gasteiger partial charge in [0, 0.05) is 5.39 Å². The molecular weight excluding hydrogens is 414 g/mol. The van der Waals surface area contributed by atoms with Gasteiger partial charge in [-0.15, -0.1) is 21.5 Å². The maximum Gasteiger partial charge on any atom is 0.348 e. The molecule has 5 aromatic rings. The van der Waals surface area contributed by atoms with Crippen LogP contribution in [0.15, 0.2) is 40.8 Å². The minimum Gasteiger partial charge on any atom is -0.462 e. The number of rotatable bonds is 4. The average Bonchev–Trinajstić information content (AvgIpc) is 3.35. The molecule has 0 atom stereocenters. The Morgan fingerprint density at radius 2 is 2.07 bits per heavy atom. The van der Waals surface area contributed by atoms with E-state index in [9.17, 15) is 4.79 Å². The molecule has 0 aliphatic heterocycles. The van der Waals surface area contributed by atoms with Gasteiger partial charge >= 0.3 is 5.97 Å². The number of esters is 1. The van der Waals surface area contributed by atoms with Crippen LogP contribution in [0, 0.1) is 6.92 Å². The maximum atomic E-state index is 12.3. The van der Waals surface area contributed by atoms with E-state index in [0.29, 0.717) is 11.5 Å². The summed E-state index contributed by atoms with van der Waals surface area (Å²) in [5.74, 6) is -0.326. The second-order valence-corrected chi connectivity index (χ2v) is 8.87. The predicted octanol–water partition coefficient (Wildman–Crippen LogP) is 4.59. The van der Waals surface area contributed by atoms with Crippen LogP contribution < -0.4 is 0 Å². The number of thiophene rings is 1. The highest BCUT2D eigenvalue weighted by Gasteiger charge is 2.22. The Balaban J connectivity index is 1.64. The summed E-state index contributed by atoms with van der Waals surface area (Å²) in [5.41, 5.74) is 1.90. The molecule has 0 aliphatic carbocycles. The predicted molar refractivity (Wildman–Crippen MR) is 111 cm³/mol. The Hall–Kier alpha value is -2.56. The van der Waals surface area contributed by atoms with Gasteiger partial charge in [-0.3, -0.25) is 4.40 Å². The molecule has 0 radical (unpaired) electrons. The van der Waals surface area contributed by atoms with E-state index in [-0.39, 0.29) is 5.97 Å². The molecule has 0 bridgehead atoms. The molecule has 4 aromatic heterocycles. The molecule has 0 unspecified atom stereocenters. The van der Waals surface area contributed by atoms with Crippen molar-refractivity contribution in [3.8, 4) is 0 Å². The van der Waals surface area contributed by atoms with Crippen LogP contribution >= 0.6 is 34.4 Å². The van der Waals surface area contributed by atoms with Crippen molar-refractivity contribution in [1.29, 1.82) is 0 Å². The minimum atomic E-state index is -0.326. The van der Waals surface area contributed by atoms with E-state index in [1.165, 1.54) is 29.4 Å². The monoisotopic (exact) mass is 427 g/mol. The number of aryl methyl sites for hydroxylation is 1. The van der Waals surface area contributed by atoms with Crippen molar-refractivity contribution in [1.82, 2.24) is 24.6 Å². The zero-order chi connectivity index (χ0) is 19.3. The number of benzene rings is 1. The quantitative estimate of drug-likeness (QED) is 0.306. The smallest absolute Gasteiger partial charge is 0.348 e. The number of hydrogen-bond acceptors (Lipinski definition) is 9. The van der Waals surface area contributed by atoms with E-state index in [1.807, 2.05) is 23.5 Å². The van der Waals surface area contributed by atoms with Crippen LogP contribution in [-0.2, 0) is 4.74 Å². The Kier molecular flexibility index (Phi) is 4.26. The Labute approximate surface area is 171 Å². The van der Waals surface area contributed by atoms with Gasteiger partial charge in [0.15, 0.2) is 0 Å². The number of nitrogens with zero attached hydrogens (tertiary/aromatic N) is 5. The molecule has 140 valence electrons. The van der Waals surface area contributed by atoms with Gasteiger partial charge in [-0.05, 0) is 43.3 Å². The molecule has 5 rings (SSSR count). The first-order chi connectivity index (χ1) is 13.7. The van der Waals surface area contributed by atoms with E-state index in [2.05, 4.69) is 32.3 Å². The van der Waals surface area contributed by atoms with E-state index in [0.717, 1.165) is 41.1 Å². The molecule has 0 amide bonds.